The Bertz CT molecular complexity index is 614. The number of benzene rings is 1. The molecule has 0 saturated heterocycles. The fraction of sp³-hybridized carbons (Fsp3) is 0.214. The maximum Gasteiger partial charge on any atom is 0.224 e. The summed E-state index contributed by atoms with van der Waals surface area (Å²) in [6.07, 6.45) is 0. The van der Waals surface area contributed by atoms with Crippen molar-refractivity contribution in [1.82, 2.24) is 4.98 Å². The minimum atomic E-state index is 0.333. The average Bonchev–Trinajstić information content (AvgIpc) is 2.32. The molecule has 0 radical (unpaired) electrons. The molecule has 2 aromatic rings. The van der Waals surface area contributed by atoms with Crippen molar-refractivity contribution >= 4 is 34.8 Å². The SMILES string of the molecule is Cc1cc(C)c(CCl)c(Oc2ccc(Cl)cc2Cl)n1. The van der Waals surface area contributed by atoms with E-state index in [1.165, 1.54) is 0 Å². The number of ether oxygens (including phenoxy) is 1. The number of halogens is 3. The van der Waals surface area contributed by atoms with Gasteiger partial charge >= 0.3 is 0 Å². The molecule has 1 aromatic heterocycles. The van der Waals surface area contributed by atoms with Crippen molar-refractivity contribution in [2.45, 2.75) is 19.7 Å². The van der Waals surface area contributed by atoms with Crippen LogP contribution in [0.15, 0.2) is 24.3 Å². The van der Waals surface area contributed by atoms with E-state index in [0.717, 1.165) is 16.8 Å². The predicted molar refractivity (Wildman–Crippen MR) is 79.8 cm³/mol. The van der Waals surface area contributed by atoms with Gasteiger partial charge in [0.25, 0.3) is 0 Å². The molecule has 1 aromatic carbocycles. The van der Waals surface area contributed by atoms with Crippen LogP contribution in [0, 0.1) is 13.8 Å². The molecule has 0 fully saturated rings. The molecular formula is C14H12Cl3NO. The van der Waals surface area contributed by atoms with E-state index < -0.39 is 0 Å². The zero-order valence-electron chi connectivity index (χ0n) is 10.5. The lowest BCUT2D eigenvalue weighted by molar-refractivity contribution is 0.456. The molecule has 0 atom stereocenters. The highest BCUT2D eigenvalue weighted by Crippen LogP contribution is 2.33. The van der Waals surface area contributed by atoms with Crippen LogP contribution in [0.2, 0.25) is 10.0 Å². The molecule has 1 heterocycles. The summed E-state index contributed by atoms with van der Waals surface area (Å²) in [6, 6.07) is 7.02. The van der Waals surface area contributed by atoms with Gasteiger partial charge in [-0.25, -0.2) is 4.98 Å². The normalized spacial score (nSPS) is 10.6. The van der Waals surface area contributed by atoms with Gasteiger partial charge in [0.15, 0.2) is 0 Å². The van der Waals surface area contributed by atoms with Crippen molar-refractivity contribution in [2.24, 2.45) is 0 Å². The van der Waals surface area contributed by atoms with Crippen LogP contribution < -0.4 is 4.74 Å². The van der Waals surface area contributed by atoms with Crippen LogP contribution in [-0.4, -0.2) is 4.98 Å². The Balaban J connectivity index is 2.42. The summed E-state index contributed by atoms with van der Waals surface area (Å²) < 4.78 is 5.76. The second kappa shape index (κ2) is 6.00. The van der Waals surface area contributed by atoms with E-state index in [-0.39, 0.29) is 0 Å². The molecular weight excluding hydrogens is 305 g/mol. The Morgan fingerprint density at radius 3 is 2.53 bits per heavy atom. The molecule has 19 heavy (non-hydrogen) atoms. The standard InChI is InChI=1S/C14H12Cl3NO/c1-8-5-9(2)18-14(11(8)7-15)19-13-4-3-10(16)6-12(13)17/h3-6H,7H2,1-2H3. The van der Waals surface area contributed by atoms with Crippen molar-refractivity contribution in [3.05, 3.63) is 51.1 Å². The van der Waals surface area contributed by atoms with Gasteiger partial charge < -0.3 is 4.74 Å². The number of alkyl halides is 1. The molecule has 5 heteroatoms. The minimum Gasteiger partial charge on any atom is -0.437 e. The van der Waals surface area contributed by atoms with E-state index in [4.69, 9.17) is 39.5 Å². The molecule has 2 nitrogen and oxygen atoms in total. The number of hydrogen-bond acceptors (Lipinski definition) is 2. The van der Waals surface area contributed by atoms with Gasteiger partial charge in [0.05, 0.1) is 10.9 Å². The van der Waals surface area contributed by atoms with Gasteiger partial charge in [-0.05, 0) is 43.7 Å². The van der Waals surface area contributed by atoms with E-state index in [1.54, 1.807) is 18.2 Å². The minimum absolute atomic E-state index is 0.333. The van der Waals surface area contributed by atoms with Gasteiger partial charge in [-0.3, -0.25) is 0 Å². The fourth-order valence-electron chi connectivity index (χ4n) is 1.74. The van der Waals surface area contributed by atoms with Gasteiger partial charge in [-0.2, -0.15) is 0 Å². The first kappa shape index (κ1) is 14.4. The highest BCUT2D eigenvalue weighted by atomic mass is 35.5. The molecule has 0 aliphatic rings. The first-order valence-corrected chi connectivity index (χ1v) is 6.96. The predicted octanol–water partition coefficient (Wildman–Crippen LogP) is 5.54. The van der Waals surface area contributed by atoms with Crippen LogP contribution in [0.3, 0.4) is 0 Å². The lowest BCUT2D eigenvalue weighted by Gasteiger charge is -2.13. The van der Waals surface area contributed by atoms with Crippen LogP contribution in [0.5, 0.6) is 11.6 Å². The van der Waals surface area contributed by atoms with Crippen LogP contribution in [0.25, 0.3) is 0 Å². The topological polar surface area (TPSA) is 22.1 Å². The monoisotopic (exact) mass is 315 g/mol. The molecule has 0 saturated carbocycles. The van der Waals surface area contributed by atoms with E-state index in [9.17, 15) is 0 Å². The Morgan fingerprint density at radius 1 is 1.16 bits per heavy atom. The van der Waals surface area contributed by atoms with E-state index in [1.807, 2.05) is 19.9 Å². The summed E-state index contributed by atoms with van der Waals surface area (Å²) >= 11 is 17.9. The van der Waals surface area contributed by atoms with E-state index >= 15 is 0 Å². The fourth-order valence-corrected chi connectivity index (χ4v) is 2.51. The largest absolute Gasteiger partial charge is 0.437 e. The second-order valence-corrected chi connectivity index (χ2v) is 5.29. The third-order valence-electron chi connectivity index (χ3n) is 2.67. The molecule has 0 N–H and O–H groups in total. The Kier molecular flexibility index (Phi) is 4.56. The smallest absolute Gasteiger partial charge is 0.224 e. The van der Waals surface area contributed by atoms with Crippen molar-refractivity contribution in [3.8, 4) is 11.6 Å². The zero-order valence-corrected chi connectivity index (χ0v) is 12.8. The summed E-state index contributed by atoms with van der Waals surface area (Å²) in [7, 11) is 0. The molecule has 0 bridgehead atoms. The number of pyridine rings is 1. The Labute approximate surface area is 127 Å². The number of nitrogens with zero attached hydrogens (tertiary/aromatic N) is 1. The molecule has 0 aliphatic heterocycles. The summed E-state index contributed by atoms with van der Waals surface area (Å²) in [5.41, 5.74) is 2.77. The van der Waals surface area contributed by atoms with E-state index in [2.05, 4.69) is 4.98 Å². The first-order chi connectivity index (χ1) is 9.01. The van der Waals surface area contributed by atoms with Crippen molar-refractivity contribution in [1.29, 1.82) is 0 Å². The molecule has 0 spiro atoms. The van der Waals surface area contributed by atoms with Crippen LogP contribution in [-0.2, 0) is 5.88 Å². The second-order valence-electron chi connectivity index (χ2n) is 4.17. The quantitative estimate of drug-likeness (QED) is 0.694. The summed E-state index contributed by atoms with van der Waals surface area (Å²) in [5.74, 6) is 1.33. The summed E-state index contributed by atoms with van der Waals surface area (Å²) in [6.45, 7) is 3.88. The number of aromatic nitrogens is 1. The molecule has 0 amide bonds. The third-order valence-corrected chi connectivity index (χ3v) is 3.47. The number of rotatable bonds is 3. The highest BCUT2D eigenvalue weighted by molar-refractivity contribution is 6.35. The number of aryl methyl sites for hydroxylation is 2. The van der Waals surface area contributed by atoms with Crippen LogP contribution in [0.1, 0.15) is 16.8 Å². The lowest BCUT2D eigenvalue weighted by atomic mass is 10.1. The van der Waals surface area contributed by atoms with Gasteiger partial charge in [0.1, 0.15) is 5.75 Å². The summed E-state index contributed by atoms with van der Waals surface area (Å²) in [4.78, 5) is 4.37. The molecule has 2 rings (SSSR count). The van der Waals surface area contributed by atoms with Gasteiger partial charge in [-0.15, -0.1) is 11.6 Å². The van der Waals surface area contributed by atoms with Crippen LogP contribution in [0.4, 0.5) is 0 Å². The highest BCUT2D eigenvalue weighted by Gasteiger charge is 2.12. The lowest BCUT2D eigenvalue weighted by Crippen LogP contribution is -1.98. The molecule has 100 valence electrons. The van der Waals surface area contributed by atoms with Crippen molar-refractivity contribution < 1.29 is 4.74 Å². The van der Waals surface area contributed by atoms with Crippen LogP contribution >= 0.6 is 34.8 Å². The van der Waals surface area contributed by atoms with Crippen molar-refractivity contribution in [2.75, 3.05) is 0 Å². The Hall–Kier alpha value is -0.960. The van der Waals surface area contributed by atoms with Gasteiger partial charge in [0.2, 0.25) is 5.88 Å². The van der Waals surface area contributed by atoms with Gasteiger partial charge in [-0.1, -0.05) is 23.2 Å². The maximum absolute atomic E-state index is 6.08. The van der Waals surface area contributed by atoms with E-state index in [0.29, 0.717) is 27.6 Å². The summed E-state index contributed by atoms with van der Waals surface area (Å²) in [5, 5.41) is 0.997. The average molecular weight is 317 g/mol. The first-order valence-electron chi connectivity index (χ1n) is 5.67. The third kappa shape index (κ3) is 3.33. The van der Waals surface area contributed by atoms with Gasteiger partial charge in [0, 0.05) is 16.3 Å². The number of hydrogen-bond donors (Lipinski definition) is 0. The molecule has 0 unspecified atom stereocenters. The van der Waals surface area contributed by atoms with Crippen molar-refractivity contribution in [3.63, 3.8) is 0 Å². The zero-order chi connectivity index (χ0) is 14.0. The maximum atomic E-state index is 6.08. The molecule has 0 aliphatic carbocycles. The Morgan fingerprint density at radius 2 is 1.89 bits per heavy atom.